The van der Waals surface area contributed by atoms with Gasteiger partial charge in [0.2, 0.25) is 0 Å². The summed E-state index contributed by atoms with van der Waals surface area (Å²) in [4.78, 5) is 0. The van der Waals surface area contributed by atoms with Gasteiger partial charge in [0.15, 0.2) is 0 Å². The molecule has 0 nitrogen and oxygen atoms in total. The van der Waals surface area contributed by atoms with Crippen molar-refractivity contribution in [3.8, 4) is 0 Å². The van der Waals surface area contributed by atoms with Gasteiger partial charge in [0, 0.05) is 0 Å². The SMILES string of the molecule is C=C.[Hf+4].c1cc2c([cH-]1)CCCC2.c1cc2c([cH-]1)CCCC2. The molecule has 2 aromatic carbocycles. The Morgan fingerprint density at radius 1 is 0.667 bits per heavy atom. The van der Waals surface area contributed by atoms with E-state index in [0.717, 1.165) is 0 Å². The summed E-state index contributed by atoms with van der Waals surface area (Å²) >= 11 is 0. The van der Waals surface area contributed by atoms with Crippen molar-refractivity contribution in [2.24, 2.45) is 0 Å². The van der Waals surface area contributed by atoms with Gasteiger partial charge in [-0.2, -0.15) is 46.5 Å². The Kier molecular flexibility index (Phi) is 8.84. The minimum Gasteiger partial charge on any atom is -0.210 e. The number of aryl methyl sites for hydroxylation is 4. The van der Waals surface area contributed by atoms with Crippen LogP contribution in [0.5, 0.6) is 0 Å². The molecule has 0 amide bonds. The largest absolute Gasteiger partial charge is 4.00 e. The van der Waals surface area contributed by atoms with E-state index in [-0.39, 0.29) is 25.8 Å². The zero-order valence-electron chi connectivity index (χ0n) is 13.0. The van der Waals surface area contributed by atoms with E-state index in [9.17, 15) is 0 Å². The summed E-state index contributed by atoms with van der Waals surface area (Å²) in [5.74, 6) is 0. The molecule has 2 aliphatic carbocycles. The number of hydrogen-bond donors (Lipinski definition) is 0. The second-order valence-corrected chi connectivity index (χ2v) is 5.57. The van der Waals surface area contributed by atoms with Crippen LogP contribution in [0.3, 0.4) is 0 Å². The Balaban J connectivity index is 0.000000181. The molecule has 21 heavy (non-hydrogen) atoms. The van der Waals surface area contributed by atoms with E-state index in [1.165, 1.54) is 51.4 Å². The predicted octanol–water partition coefficient (Wildman–Crippen LogP) is 5.37. The summed E-state index contributed by atoms with van der Waals surface area (Å²) in [6, 6.07) is 13.4. The number of fused-ring (bicyclic) bond motifs is 2. The second-order valence-electron chi connectivity index (χ2n) is 5.57. The molecule has 0 aromatic heterocycles. The summed E-state index contributed by atoms with van der Waals surface area (Å²) in [5.41, 5.74) is 6.39. The summed E-state index contributed by atoms with van der Waals surface area (Å²) in [6.45, 7) is 6.00. The number of rotatable bonds is 0. The van der Waals surface area contributed by atoms with Crippen molar-refractivity contribution >= 4 is 0 Å². The molecule has 0 N–H and O–H groups in total. The zero-order chi connectivity index (χ0) is 14.2. The molecule has 108 valence electrons. The minimum absolute atomic E-state index is 0. The Morgan fingerprint density at radius 2 is 1.05 bits per heavy atom. The van der Waals surface area contributed by atoms with E-state index >= 15 is 0 Å². The van der Waals surface area contributed by atoms with Gasteiger partial charge < -0.3 is 0 Å². The smallest absolute Gasteiger partial charge is 0.210 e. The molecule has 0 atom stereocenters. The van der Waals surface area contributed by atoms with E-state index in [4.69, 9.17) is 0 Å². The van der Waals surface area contributed by atoms with Crippen LogP contribution in [0.4, 0.5) is 0 Å². The Hall–Kier alpha value is -0.690. The fourth-order valence-electron chi connectivity index (χ4n) is 3.23. The molecule has 0 unspecified atom stereocenters. The molecule has 0 fully saturated rings. The van der Waals surface area contributed by atoms with Crippen molar-refractivity contribution in [3.05, 3.63) is 71.8 Å². The second kappa shape index (κ2) is 10.1. The Bertz CT molecular complexity index is 416. The first-order valence-corrected chi connectivity index (χ1v) is 7.90. The van der Waals surface area contributed by atoms with Crippen LogP contribution in [0.15, 0.2) is 49.6 Å². The van der Waals surface area contributed by atoms with Crippen LogP contribution in [0.2, 0.25) is 0 Å². The van der Waals surface area contributed by atoms with Crippen molar-refractivity contribution in [2.75, 3.05) is 0 Å². The maximum atomic E-state index is 3.00. The minimum atomic E-state index is 0. The van der Waals surface area contributed by atoms with E-state index in [1.54, 1.807) is 22.3 Å². The zero-order valence-corrected chi connectivity index (χ0v) is 16.6. The van der Waals surface area contributed by atoms with E-state index in [2.05, 4.69) is 49.6 Å². The molecule has 1 heteroatoms. The standard InChI is InChI=1S/2C9H11.C2H4.Hf/c2*1-2-5-9-7-3-6-8(9)4-1;1-2;/h2*3,6-7H,1-2,4-5H2;1-2H2;/q2*-1;;+4. The van der Waals surface area contributed by atoms with Crippen LogP contribution >= 0.6 is 0 Å². The van der Waals surface area contributed by atoms with Crippen LogP contribution in [0.1, 0.15) is 47.9 Å². The van der Waals surface area contributed by atoms with Crippen molar-refractivity contribution in [1.82, 2.24) is 0 Å². The molecule has 2 aliphatic rings. The molecular weight excluding hydrogens is 419 g/mol. The van der Waals surface area contributed by atoms with E-state index < -0.39 is 0 Å². The third-order valence-electron chi connectivity index (χ3n) is 4.30. The van der Waals surface area contributed by atoms with Crippen molar-refractivity contribution < 1.29 is 25.8 Å². The maximum absolute atomic E-state index is 3.00. The van der Waals surface area contributed by atoms with Crippen LogP contribution in [-0.2, 0) is 51.5 Å². The quantitative estimate of drug-likeness (QED) is 0.291. The van der Waals surface area contributed by atoms with Gasteiger partial charge in [-0.1, -0.05) is 51.4 Å². The first kappa shape index (κ1) is 18.4. The molecule has 0 bridgehead atoms. The first-order chi connectivity index (χ1) is 9.93. The van der Waals surface area contributed by atoms with Crippen LogP contribution in [0.25, 0.3) is 0 Å². The summed E-state index contributed by atoms with van der Waals surface area (Å²) in [6.07, 6.45) is 10.9. The van der Waals surface area contributed by atoms with Crippen molar-refractivity contribution in [2.45, 2.75) is 51.4 Å². The Morgan fingerprint density at radius 3 is 1.43 bits per heavy atom. The number of hydrogen-bond acceptors (Lipinski definition) is 0. The van der Waals surface area contributed by atoms with Crippen LogP contribution < -0.4 is 0 Å². The molecule has 0 saturated carbocycles. The van der Waals surface area contributed by atoms with Crippen molar-refractivity contribution in [3.63, 3.8) is 0 Å². The molecule has 0 radical (unpaired) electrons. The molecule has 0 saturated heterocycles. The normalized spacial score (nSPS) is 15.0. The van der Waals surface area contributed by atoms with Gasteiger partial charge >= 0.3 is 25.8 Å². The fraction of sp³-hybridized carbons (Fsp3) is 0.400. The van der Waals surface area contributed by atoms with Crippen LogP contribution in [-0.4, -0.2) is 0 Å². The molecule has 0 spiro atoms. The molecule has 0 heterocycles. The molecule has 0 aliphatic heterocycles. The van der Waals surface area contributed by atoms with Gasteiger partial charge in [0.1, 0.15) is 0 Å². The van der Waals surface area contributed by atoms with Gasteiger partial charge in [-0.05, 0) is 0 Å². The molecule has 4 rings (SSSR count). The van der Waals surface area contributed by atoms with Crippen LogP contribution in [0, 0.1) is 0 Å². The Labute approximate surface area is 148 Å². The monoisotopic (exact) mass is 446 g/mol. The average Bonchev–Trinajstić information content (AvgIpc) is 3.18. The van der Waals surface area contributed by atoms with Gasteiger partial charge in [-0.15, -0.1) is 13.2 Å². The summed E-state index contributed by atoms with van der Waals surface area (Å²) in [5, 5.41) is 0. The molecular formula is C20H26Hf+2. The maximum Gasteiger partial charge on any atom is 4.00 e. The van der Waals surface area contributed by atoms with Gasteiger partial charge in [0.25, 0.3) is 0 Å². The predicted molar refractivity (Wildman–Crippen MR) is 88.6 cm³/mol. The van der Waals surface area contributed by atoms with Gasteiger partial charge in [-0.25, -0.2) is 12.1 Å². The summed E-state index contributed by atoms with van der Waals surface area (Å²) in [7, 11) is 0. The molecule has 2 aromatic rings. The third-order valence-corrected chi connectivity index (χ3v) is 4.30. The van der Waals surface area contributed by atoms with E-state index in [0.29, 0.717) is 0 Å². The fourth-order valence-corrected chi connectivity index (χ4v) is 3.23. The first-order valence-electron chi connectivity index (χ1n) is 7.90. The average molecular weight is 445 g/mol. The van der Waals surface area contributed by atoms with E-state index in [1.807, 2.05) is 0 Å². The topological polar surface area (TPSA) is 0 Å². The summed E-state index contributed by atoms with van der Waals surface area (Å²) < 4.78 is 0. The van der Waals surface area contributed by atoms with Crippen molar-refractivity contribution in [1.29, 1.82) is 0 Å². The van der Waals surface area contributed by atoms with Gasteiger partial charge in [-0.3, -0.25) is 0 Å². The third kappa shape index (κ3) is 5.21. The van der Waals surface area contributed by atoms with Gasteiger partial charge in [0.05, 0.1) is 0 Å².